The minimum atomic E-state index is -5.91. The van der Waals surface area contributed by atoms with Crippen LogP contribution in [-0.4, -0.2) is 149 Å². The number of phosphoric ester groups is 3. The molecule has 1 aliphatic heterocycles. The number of phosphoric acid groups is 3. The molecule has 0 saturated carbocycles. The van der Waals surface area contributed by atoms with Crippen LogP contribution in [0.4, 0.5) is 5.82 Å². The monoisotopic (exact) mass is 1190 g/mol. The van der Waals surface area contributed by atoms with E-state index in [9.17, 15) is 72.2 Å². The minimum Gasteiger partial charge on any atom is -0.790 e. The number of thioether (sulfide) groups is 1. The molecule has 3 heterocycles. The van der Waals surface area contributed by atoms with Gasteiger partial charge in [0.2, 0.25) is 11.8 Å². The number of nitrogens with one attached hydrogen (secondary N) is 2. The molecule has 3 rings (SSSR count). The molecule has 1 saturated heterocycles. The lowest BCUT2D eigenvalue weighted by Gasteiger charge is -2.36. The quantitative estimate of drug-likeness (QED) is 0.0205. The van der Waals surface area contributed by atoms with Crippen LogP contribution >= 0.6 is 35.2 Å². The number of rotatable bonds is 32. The van der Waals surface area contributed by atoms with Crippen molar-refractivity contribution in [1.82, 2.24) is 30.2 Å². The van der Waals surface area contributed by atoms with Crippen molar-refractivity contribution in [2.24, 2.45) is 5.41 Å². The largest absolute Gasteiger partial charge is 0.790 e. The molecule has 0 bridgehead atoms. The number of hydrogen-bond acceptors (Lipinski definition) is 27. The second-order valence-electron chi connectivity index (χ2n) is 17.1. The van der Waals surface area contributed by atoms with Crippen molar-refractivity contribution in [3.8, 4) is 0 Å². The maximum absolute atomic E-state index is 12.5. The van der Waals surface area contributed by atoms with Crippen LogP contribution in [0.25, 0.3) is 11.2 Å². The summed E-state index contributed by atoms with van der Waals surface area (Å²) >= 11 is 1.06. The Morgan fingerprint density at radius 3 is 2.05 bits per heavy atom. The zero-order chi connectivity index (χ0) is 59.4. The Kier molecular flexibility index (Phi) is 32.2. The van der Waals surface area contributed by atoms with Crippen LogP contribution in [0.1, 0.15) is 106 Å². The van der Waals surface area contributed by atoms with Gasteiger partial charge in [0.1, 0.15) is 42.4 Å². The highest BCUT2D eigenvalue weighted by atomic mass is 32.2. The van der Waals surface area contributed by atoms with Gasteiger partial charge in [-0.05, 0) is 25.7 Å². The van der Waals surface area contributed by atoms with E-state index in [1.807, 2.05) is 26.0 Å². The van der Waals surface area contributed by atoms with Crippen molar-refractivity contribution < 1.29 is 115 Å². The number of anilines is 1. The third-order valence-electron chi connectivity index (χ3n) is 10.2. The number of allylic oxidation sites excluding steroid dienone is 3. The zero-order valence-electron chi connectivity index (χ0n) is 43.5. The summed E-state index contributed by atoms with van der Waals surface area (Å²) in [6.07, 6.45) is 1.41. The van der Waals surface area contributed by atoms with Crippen molar-refractivity contribution in [1.29, 1.82) is 0 Å². The van der Waals surface area contributed by atoms with E-state index in [1.165, 1.54) is 13.8 Å². The lowest BCUT2D eigenvalue weighted by Crippen LogP contribution is -2.46. The third-order valence-corrected chi connectivity index (χ3v) is 14.1. The minimum absolute atomic E-state index is 0.0212. The molecule has 0 spiro atoms. The van der Waals surface area contributed by atoms with Gasteiger partial charge in [-0.15, -0.1) is 0 Å². The van der Waals surface area contributed by atoms with Crippen LogP contribution in [0.5, 0.6) is 0 Å². The standard InChI is InChI=1S/C27H44N7O17P3S.C11H18O4.C5H10O3/c1-4-5-6-7-18(36)55-11-10-29-17(35)8-9-30-25(39)22(38)27(2,3)13-48-54(45,46)51-53(43,44)47-12-16-21(50-52(40,41)42)20(37)26(49-16)34-15-33-19-23(28)31-14-32-24(19)34;1-3-5-6-7-11(14)15-9(4-2)8-10(12)13;1-2-4(6)3-5(7)8/h5-6,14-16,20-22,26,37-38H,4,7-13H2,1-3H3,(H,29,35)(H,30,39)(H,43,44)(H,45,46)(H2,28,31,32)(H2,40,41,42);5-6,9H,3-4,7-8H2,1-2H3,(H,12,13);4,6H,2-3H2,1H3,(H,7,8)/p-4/b2*6-5-;. The summed E-state index contributed by atoms with van der Waals surface area (Å²) in [7, 11) is -17.6. The van der Waals surface area contributed by atoms with Crippen LogP contribution < -0.4 is 35.9 Å². The number of amides is 2. The smallest absolute Gasteiger partial charge is 0.309 e. The first kappa shape index (κ1) is 71.4. The van der Waals surface area contributed by atoms with E-state index < -0.39 is 109 Å². The number of carbonyl (C=O) groups is 6. The Morgan fingerprint density at radius 2 is 1.49 bits per heavy atom. The number of hydrogen-bond donors (Lipinski definition) is 8. The molecule has 78 heavy (non-hydrogen) atoms. The summed E-state index contributed by atoms with van der Waals surface area (Å²) in [6.45, 7) is 7.56. The first-order chi connectivity index (χ1) is 36.3. The number of aliphatic hydroxyl groups is 3. The molecule has 2 aromatic heterocycles. The predicted octanol–water partition coefficient (Wildman–Crippen LogP) is -0.136. The molecule has 2 amide bonds. The van der Waals surface area contributed by atoms with Gasteiger partial charge in [-0.3, -0.25) is 42.5 Å². The molecule has 9 unspecified atom stereocenters. The number of nitrogens with zero attached hydrogens (tertiary/aromatic N) is 4. The number of fused-ring (bicyclic) bond motifs is 1. The van der Waals surface area contributed by atoms with E-state index in [2.05, 4.69) is 43.5 Å². The van der Waals surface area contributed by atoms with Gasteiger partial charge in [0.15, 0.2) is 22.8 Å². The molecular formula is C43H68N7O24P3S-4. The molecule has 0 aromatic carbocycles. The summed E-state index contributed by atoms with van der Waals surface area (Å²) in [6, 6.07) is 0. The summed E-state index contributed by atoms with van der Waals surface area (Å²) in [5.41, 5.74) is 4.07. The molecule has 35 heteroatoms. The van der Waals surface area contributed by atoms with E-state index in [-0.39, 0.29) is 73.3 Å². The van der Waals surface area contributed by atoms with Crippen LogP contribution in [0, 0.1) is 5.41 Å². The van der Waals surface area contributed by atoms with Crippen molar-refractivity contribution in [2.75, 3.05) is 37.8 Å². The van der Waals surface area contributed by atoms with E-state index >= 15 is 0 Å². The first-order valence-corrected chi connectivity index (χ1v) is 29.3. The van der Waals surface area contributed by atoms with Crippen LogP contribution in [0.2, 0.25) is 0 Å². The highest BCUT2D eigenvalue weighted by Gasteiger charge is 2.47. The lowest BCUT2D eigenvalue weighted by molar-refractivity contribution is -0.347. The summed E-state index contributed by atoms with van der Waals surface area (Å²) in [5, 5.41) is 51.3. The van der Waals surface area contributed by atoms with Gasteiger partial charge in [0.05, 0.1) is 52.7 Å². The lowest BCUT2D eigenvalue weighted by atomic mass is 9.87. The Labute approximate surface area is 453 Å². The summed E-state index contributed by atoms with van der Waals surface area (Å²) < 4.78 is 65.4. The zero-order valence-corrected chi connectivity index (χ0v) is 47.0. The van der Waals surface area contributed by atoms with Gasteiger partial charge in [0, 0.05) is 37.1 Å². The van der Waals surface area contributed by atoms with Crippen molar-refractivity contribution >= 4 is 87.0 Å². The molecule has 1 aliphatic rings. The van der Waals surface area contributed by atoms with Crippen molar-refractivity contribution in [3.63, 3.8) is 0 Å². The second kappa shape index (κ2) is 35.2. The number of aliphatic hydroxyl groups excluding tert-OH is 3. The normalized spacial score (nSPS) is 19.3. The summed E-state index contributed by atoms with van der Waals surface area (Å²) in [5.74, 6) is -3.46. The van der Waals surface area contributed by atoms with E-state index in [4.69, 9.17) is 30.5 Å². The van der Waals surface area contributed by atoms with Gasteiger partial charge in [-0.25, -0.2) is 19.3 Å². The third kappa shape index (κ3) is 28.5. The molecule has 444 valence electrons. The highest BCUT2D eigenvalue weighted by molar-refractivity contribution is 8.13. The average molecular weight is 1190 g/mol. The molecule has 2 aromatic rings. The fraction of sp³-hybridized carbons (Fsp3) is 0.651. The number of aliphatic carboxylic acids is 2. The average Bonchev–Trinajstić information content (AvgIpc) is 3.90. The molecule has 0 radical (unpaired) electrons. The highest BCUT2D eigenvalue weighted by Crippen LogP contribution is 2.56. The number of nitrogens with two attached hydrogens (primary N) is 1. The predicted molar refractivity (Wildman–Crippen MR) is 267 cm³/mol. The number of aromatic nitrogens is 4. The van der Waals surface area contributed by atoms with Crippen molar-refractivity contribution in [2.45, 2.75) is 142 Å². The van der Waals surface area contributed by atoms with Gasteiger partial charge >= 0.3 is 17.9 Å². The number of ether oxygens (including phenoxy) is 2. The molecule has 0 aliphatic carbocycles. The number of nitrogen functional groups attached to an aromatic ring is 1. The van der Waals surface area contributed by atoms with E-state index in [0.29, 0.717) is 18.6 Å². The Morgan fingerprint density at radius 1 is 0.872 bits per heavy atom. The Balaban J connectivity index is 0.00000109. The Hall–Kier alpha value is -4.59. The molecule has 1 fully saturated rings. The van der Waals surface area contributed by atoms with Gasteiger partial charge < -0.3 is 89.1 Å². The number of carboxylic acid groups (broad SMARTS) is 2. The molecule has 9 atom stereocenters. The molecule has 31 nitrogen and oxygen atoms in total. The fourth-order valence-corrected chi connectivity index (χ4v) is 9.45. The van der Waals surface area contributed by atoms with Crippen LogP contribution in [-0.2, 0) is 69.8 Å². The number of carboxylic acids is 2. The molecular weight excluding hydrogens is 1120 g/mol. The maximum atomic E-state index is 12.5. The van der Waals surface area contributed by atoms with Gasteiger partial charge in [-0.2, -0.15) is 0 Å². The van der Waals surface area contributed by atoms with Crippen molar-refractivity contribution in [3.05, 3.63) is 37.0 Å². The van der Waals surface area contributed by atoms with Gasteiger partial charge in [-0.1, -0.05) is 77.6 Å². The van der Waals surface area contributed by atoms with Gasteiger partial charge in [0.25, 0.3) is 15.6 Å². The van der Waals surface area contributed by atoms with E-state index in [0.717, 1.165) is 41.8 Å². The number of carbonyl (C=O) groups excluding carboxylic acids is 4. The fourth-order valence-electron chi connectivity index (χ4n) is 6.07. The maximum Gasteiger partial charge on any atom is 0.309 e. The molecule has 9 N–H and O–H groups in total. The number of imidazole rings is 1. The van der Waals surface area contributed by atoms with E-state index in [1.54, 1.807) is 26.0 Å². The summed E-state index contributed by atoms with van der Waals surface area (Å²) in [4.78, 5) is 127. The topological polar surface area (TPSA) is 496 Å². The Bertz CT molecular complexity index is 2460. The second-order valence-corrected chi connectivity index (χ2v) is 22.4. The first-order valence-electron chi connectivity index (χ1n) is 23.9. The SMILES string of the molecule is CC/C=C\CC(=O)OC(CC)CC(=O)O.CC/C=C\CC(=O)SCCNC(=O)CCNC(=O)C(O)C(C)(C)COP(=O)([O-])OP(=O)([O-])OCC1OC(n2cnc3c(N)ncnc32)C(O)C1OP(=O)([O-])[O-].CCC(O)CC(=O)O. The number of esters is 1. The van der Waals surface area contributed by atoms with Crippen LogP contribution in [0.15, 0.2) is 37.0 Å². The van der Waals surface area contributed by atoms with Crippen LogP contribution in [0.3, 0.4) is 0 Å².